The van der Waals surface area contributed by atoms with Gasteiger partial charge in [0.15, 0.2) is 6.10 Å². The third-order valence-corrected chi connectivity index (χ3v) is 7.99. The second-order valence-electron chi connectivity index (χ2n) is 11.9. The number of rotatable bonds is 9. The highest BCUT2D eigenvalue weighted by Crippen LogP contribution is 2.41. The van der Waals surface area contributed by atoms with E-state index in [9.17, 15) is 24.6 Å². The Morgan fingerprint density at radius 1 is 1.10 bits per heavy atom. The van der Waals surface area contributed by atoms with E-state index in [4.69, 9.17) is 0 Å². The van der Waals surface area contributed by atoms with Crippen LogP contribution < -0.4 is 10.6 Å². The van der Waals surface area contributed by atoms with Crippen molar-refractivity contribution in [1.82, 2.24) is 15.5 Å². The molecule has 3 rings (SSSR count). The first-order chi connectivity index (χ1) is 18.2. The Labute approximate surface area is 231 Å². The molecule has 2 aromatic carbocycles. The Kier molecular flexibility index (Phi) is 9.43. The van der Waals surface area contributed by atoms with Crippen LogP contribution in [0.1, 0.15) is 61.7 Å². The smallest absolute Gasteiger partial charge is 0.254 e. The number of aryl methyl sites for hydroxylation is 1. The van der Waals surface area contributed by atoms with E-state index < -0.39 is 35.4 Å². The van der Waals surface area contributed by atoms with Crippen LogP contribution in [0.15, 0.2) is 42.5 Å². The van der Waals surface area contributed by atoms with Crippen LogP contribution in [-0.4, -0.2) is 64.1 Å². The van der Waals surface area contributed by atoms with Gasteiger partial charge in [0.25, 0.3) is 11.8 Å². The van der Waals surface area contributed by atoms with Gasteiger partial charge in [-0.25, -0.2) is 0 Å². The molecule has 8 nitrogen and oxygen atoms in total. The molecule has 3 amide bonds. The molecule has 0 unspecified atom stereocenters. The van der Waals surface area contributed by atoms with Gasteiger partial charge in [0.05, 0.1) is 6.04 Å². The fraction of sp³-hybridized carbons (Fsp3) is 0.516. The van der Waals surface area contributed by atoms with Gasteiger partial charge in [-0.1, -0.05) is 65.0 Å². The molecule has 1 fully saturated rings. The Morgan fingerprint density at radius 3 is 2.36 bits per heavy atom. The number of hydrogen-bond donors (Lipinski definition) is 4. The molecule has 4 atom stereocenters. The number of phenols is 1. The topological polar surface area (TPSA) is 119 Å². The van der Waals surface area contributed by atoms with Crippen LogP contribution >= 0.6 is 0 Å². The summed E-state index contributed by atoms with van der Waals surface area (Å²) in [6, 6.07) is 10.8. The van der Waals surface area contributed by atoms with Crippen molar-refractivity contribution in [2.24, 2.45) is 17.3 Å². The van der Waals surface area contributed by atoms with Gasteiger partial charge < -0.3 is 25.7 Å². The third kappa shape index (κ3) is 6.79. The summed E-state index contributed by atoms with van der Waals surface area (Å²) in [5, 5.41) is 27.5. The summed E-state index contributed by atoms with van der Waals surface area (Å²) in [5.41, 5.74) is 1.72. The zero-order valence-electron chi connectivity index (χ0n) is 24.1. The maximum Gasteiger partial charge on any atom is 0.254 e. The molecule has 4 N–H and O–H groups in total. The molecule has 39 heavy (non-hydrogen) atoms. The molecule has 212 valence electrons. The lowest BCUT2D eigenvalue weighted by Crippen LogP contribution is -2.58. The molecule has 0 spiro atoms. The number of aliphatic hydroxyl groups excluding tert-OH is 1. The lowest BCUT2D eigenvalue weighted by molar-refractivity contribution is -0.148. The predicted molar refractivity (Wildman–Crippen MR) is 151 cm³/mol. The fourth-order valence-electron chi connectivity index (χ4n) is 5.18. The van der Waals surface area contributed by atoms with E-state index in [2.05, 4.69) is 10.6 Å². The molecule has 0 bridgehead atoms. The lowest BCUT2D eigenvalue weighted by Gasteiger charge is -2.35. The molecule has 0 aliphatic carbocycles. The Morgan fingerprint density at radius 2 is 1.74 bits per heavy atom. The molecule has 1 aliphatic rings. The maximum absolute atomic E-state index is 13.9. The van der Waals surface area contributed by atoms with Crippen LogP contribution in [-0.2, 0) is 16.0 Å². The number of carbonyl (C=O) groups excluding carboxylic acids is 3. The van der Waals surface area contributed by atoms with Crippen LogP contribution in [0.4, 0.5) is 0 Å². The van der Waals surface area contributed by atoms with E-state index in [1.165, 1.54) is 4.90 Å². The van der Waals surface area contributed by atoms with Gasteiger partial charge >= 0.3 is 0 Å². The average Bonchev–Trinajstić information content (AvgIpc) is 3.12. The molecule has 1 heterocycles. The summed E-state index contributed by atoms with van der Waals surface area (Å²) in [6.45, 7) is 14.2. The number of aromatic hydroxyl groups is 1. The molecule has 2 aromatic rings. The third-order valence-electron chi connectivity index (χ3n) is 7.99. The van der Waals surface area contributed by atoms with Crippen LogP contribution in [0.5, 0.6) is 5.75 Å². The number of amides is 3. The summed E-state index contributed by atoms with van der Waals surface area (Å²) in [7, 11) is 0. The molecule has 8 heteroatoms. The Hall–Kier alpha value is -3.39. The van der Waals surface area contributed by atoms with E-state index in [0.29, 0.717) is 24.2 Å². The number of hydrogen-bond acceptors (Lipinski definition) is 5. The van der Waals surface area contributed by atoms with Crippen LogP contribution in [0.3, 0.4) is 0 Å². The minimum Gasteiger partial charge on any atom is -0.508 e. The highest BCUT2D eigenvalue weighted by molar-refractivity contribution is 5.97. The number of carbonyl (C=O) groups is 3. The molecule has 1 aliphatic heterocycles. The van der Waals surface area contributed by atoms with Crippen molar-refractivity contribution < 1.29 is 24.6 Å². The Balaban J connectivity index is 1.92. The monoisotopic (exact) mass is 537 g/mol. The number of nitrogens with one attached hydrogen (secondary N) is 2. The quantitative estimate of drug-likeness (QED) is 0.391. The zero-order chi connectivity index (χ0) is 29.1. The largest absolute Gasteiger partial charge is 0.508 e. The predicted octanol–water partition coefficient (Wildman–Crippen LogP) is 3.36. The summed E-state index contributed by atoms with van der Waals surface area (Å²) >= 11 is 0. The standard InChI is InChI=1S/C31H43N3O5/c1-18(2)16-32-29(38)27-31(6,7)20(4)17-34(27)30(39)26(36)24(15-22-11-9-8-10-12-22)33-28(37)23-13-19(3)14-25(35)21(23)5/h8-14,18,20,24,26-27,35-36H,15-17H2,1-7H3,(H,32,38)(H,33,37)/t20-,24+,26+,27-/m1/s1. The van der Waals surface area contributed by atoms with Crippen LogP contribution in [0, 0.1) is 31.1 Å². The molecular formula is C31H43N3O5. The second-order valence-corrected chi connectivity index (χ2v) is 11.9. The first-order valence-corrected chi connectivity index (χ1v) is 13.6. The van der Waals surface area contributed by atoms with Crippen molar-refractivity contribution in [3.63, 3.8) is 0 Å². The first kappa shape index (κ1) is 30.2. The molecule has 0 radical (unpaired) electrons. The lowest BCUT2D eigenvalue weighted by atomic mass is 9.77. The first-order valence-electron chi connectivity index (χ1n) is 13.6. The van der Waals surface area contributed by atoms with Crippen molar-refractivity contribution in [1.29, 1.82) is 0 Å². The molecule has 1 saturated heterocycles. The minimum absolute atomic E-state index is 0.0000724. The number of phenolic OH excluding ortho intramolecular Hbond substituents is 1. The van der Waals surface area contributed by atoms with E-state index in [0.717, 1.165) is 5.56 Å². The summed E-state index contributed by atoms with van der Waals surface area (Å²) in [4.78, 5) is 42.0. The Bertz CT molecular complexity index is 1190. The number of benzene rings is 2. The number of aliphatic hydroxyl groups is 1. The fourth-order valence-corrected chi connectivity index (χ4v) is 5.18. The highest BCUT2D eigenvalue weighted by Gasteiger charge is 2.52. The van der Waals surface area contributed by atoms with Crippen LogP contribution in [0.25, 0.3) is 0 Å². The van der Waals surface area contributed by atoms with Gasteiger partial charge in [-0.15, -0.1) is 0 Å². The van der Waals surface area contributed by atoms with E-state index in [1.807, 2.05) is 65.0 Å². The van der Waals surface area contributed by atoms with Crippen molar-refractivity contribution in [3.05, 3.63) is 64.7 Å². The summed E-state index contributed by atoms with van der Waals surface area (Å²) in [5.74, 6) is -1.07. The minimum atomic E-state index is -1.59. The SMILES string of the molecule is Cc1cc(O)c(C)c(C(=O)N[C@@H](Cc2ccccc2)[C@H](O)C(=O)N2C[C@@H](C)C(C)(C)[C@H]2C(=O)NCC(C)C)c1. The molecular weight excluding hydrogens is 494 g/mol. The summed E-state index contributed by atoms with van der Waals surface area (Å²) in [6.07, 6.45) is -1.39. The van der Waals surface area contributed by atoms with Gasteiger partial charge in [-0.3, -0.25) is 14.4 Å². The van der Waals surface area contributed by atoms with Gasteiger partial charge in [0.2, 0.25) is 5.91 Å². The second kappa shape index (κ2) is 12.2. The van der Waals surface area contributed by atoms with E-state index in [1.54, 1.807) is 26.0 Å². The highest BCUT2D eigenvalue weighted by atomic mass is 16.3. The van der Waals surface area contributed by atoms with Crippen molar-refractivity contribution in [3.8, 4) is 5.75 Å². The van der Waals surface area contributed by atoms with Gasteiger partial charge in [0.1, 0.15) is 11.8 Å². The molecule has 0 aromatic heterocycles. The van der Waals surface area contributed by atoms with Gasteiger partial charge in [0, 0.05) is 24.2 Å². The zero-order valence-corrected chi connectivity index (χ0v) is 24.1. The summed E-state index contributed by atoms with van der Waals surface area (Å²) < 4.78 is 0. The van der Waals surface area contributed by atoms with Gasteiger partial charge in [-0.2, -0.15) is 0 Å². The average molecular weight is 538 g/mol. The number of nitrogens with zero attached hydrogens (tertiary/aromatic N) is 1. The van der Waals surface area contributed by atoms with E-state index in [-0.39, 0.29) is 35.5 Å². The van der Waals surface area contributed by atoms with Crippen LogP contribution in [0.2, 0.25) is 0 Å². The van der Waals surface area contributed by atoms with Gasteiger partial charge in [-0.05, 0) is 60.8 Å². The maximum atomic E-state index is 13.9. The van der Waals surface area contributed by atoms with Crippen molar-refractivity contribution >= 4 is 17.7 Å². The van der Waals surface area contributed by atoms with Crippen molar-refractivity contribution in [2.75, 3.05) is 13.1 Å². The van der Waals surface area contributed by atoms with E-state index >= 15 is 0 Å². The van der Waals surface area contributed by atoms with Crippen molar-refractivity contribution in [2.45, 2.75) is 73.1 Å². The molecule has 0 saturated carbocycles. The normalized spacial score (nSPS) is 20.0. The number of likely N-dealkylation sites (tertiary alicyclic amines) is 1.